The quantitative estimate of drug-likeness (QED) is 0.625. The van der Waals surface area contributed by atoms with Crippen LogP contribution in [0.15, 0.2) is 54.6 Å². The number of rotatable bonds is 7. The van der Waals surface area contributed by atoms with E-state index >= 15 is 0 Å². The van der Waals surface area contributed by atoms with Crippen LogP contribution in [0.25, 0.3) is 11.1 Å². The number of hydrogen-bond donors (Lipinski definition) is 1. The second-order valence-corrected chi connectivity index (χ2v) is 5.67. The molecule has 2 rings (SSSR count). The number of carboxylic acids is 1. The van der Waals surface area contributed by atoms with Gasteiger partial charge in [0.2, 0.25) is 0 Å². The van der Waals surface area contributed by atoms with Crippen LogP contribution in [-0.2, 0) is 4.79 Å². The van der Waals surface area contributed by atoms with Crippen LogP contribution in [0.2, 0.25) is 0 Å². The fourth-order valence-electron chi connectivity index (χ4n) is 1.89. The van der Waals surface area contributed by atoms with Crippen molar-refractivity contribution in [2.45, 2.75) is 6.42 Å². The molecule has 0 radical (unpaired) electrons. The molecule has 2 aromatic carbocycles. The zero-order chi connectivity index (χ0) is 15.1. The molecule has 4 heteroatoms. The molecule has 0 saturated carbocycles. The molecular weight excluding hydrogens is 284 g/mol. The van der Waals surface area contributed by atoms with E-state index in [0.717, 1.165) is 11.1 Å². The van der Waals surface area contributed by atoms with Crippen molar-refractivity contribution in [1.29, 1.82) is 0 Å². The summed E-state index contributed by atoms with van der Waals surface area (Å²) in [7, 11) is 0. The van der Waals surface area contributed by atoms with Crippen molar-refractivity contribution >= 4 is 23.5 Å². The number of carboxylic acid groups (broad SMARTS) is 1. The van der Waals surface area contributed by atoms with Crippen LogP contribution in [0.4, 0.5) is 0 Å². The van der Waals surface area contributed by atoms with Gasteiger partial charge in [-0.15, -0.1) is 0 Å². The second-order valence-electron chi connectivity index (χ2n) is 4.56. The number of hydrogen-bond acceptors (Lipinski definition) is 3. The Kier molecular flexibility index (Phi) is 5.58. The van der Waals surface area contributed by atoms with Gasteiger partial charge in [-0.05, 0) is 11.1 Å². The van der Waals surface area contributed by atoms with Gasteiger partial charge in [-0.2, -0.15) is 11.8 Å². The number of Topliss-reactive ketones (excluding diaryl/α,β-unsaturated/α-hetero) is 1. The summed E-state index contributed by atoms with van der Waals surface area (Å²) in [6, 6.07) is 17.5. The SMILES string of the molecule is O=C(O)CCSCC(=O)c1ccc(-c2ccccc2)cc1. The highest BCUT2D eigenvalue weighted by atomic mass is 32.2. The average Bonchev–Trinajstić information content (AvgIpc) is 2.52. The van der Waals surface area contributed by atoms with Gasteiger partial charge in [0.1, 0.15) is 0 Å². The Labute approximate surface area is 128 Å². The first-order valence-electron chi connectivity index (χ1n) is 6.65. The van der Waals surface area contributed by atoms with E-state index < -0.39 is 5.97 Å². The van der Waals surface area contributed by atoms with Gasteiger partial charge < -0.3 is 5.11 Å². The van der Waals surface area contributed by atoms with Crippen molar-refractivity contribution in [1.82, 2.24) is 0 Å². The highest BCUT2D eigenvalue weighted by molar-refractivity contribution is 8.00. The summed E-state index contributed by atoms with van der Waals surface area (Å²) in [4.78, 5) is 22.4. The smallest absolute Gasteiger partial charge is 0.304 e. The second kappa shape index (κ2) is 7.64. The summed E-state index contributed by atoms with van der Waals surface area (Å²) in [6.45, 7) is 0. The van der Waals surface area contributed by atoms with E-state index in [2.05, 4.69) is 0 Å². The molecule has 0 aliphatic rings. The maximum absolute atomic E-state index is 12.0. The molecule has 0 heterocycles. The third-order valence-electron chi connectivity index (χ3n) is 3.01. The van der Waals surface area contributed by atoms with Crippen LogP contribution in [-0.4, -0.2) is 28.4 Å². The summed E-state index contributed by atoms with van der Waals surface area (Å²) in [5, 5.41) is 8.54. The number of carbonyl (C=O) groups is 2. The molecule has 0 bridgehead atoms. The Morgan fingerprint density at radius 2 is 1.52 bits per heavy atom. The third-order valence-corrected chi connectivity index (χ3v) is 3.97. The Morgan fingerprint density at radius 3 is 2.14 bits per heavy atom. The molecule has 0 aromatic heterocycles. The Hall–Kier alpha value is -2.07. The van der Waals surface area contributed by atoms with E-state index in [-0.39, 0.29) is 12.2 Å². The molecule has 108 valence electrons. The molecule has 0 fully saturated rings. The van der Waals surface area contributed by atoms with E-state index in [9.17, 15) is 9.59 Å². The Bertz CT molecular complexity index is 606. The van der Waals surface area contributed by atoms with E-state index in [1.807, 2.05) is 54.6 Å². The molecule has 0 aliphatic carbocycles. The lowest BCUT2D eigenvalue weighted by Crippen LogP contribution is -2.04. The number of aliphatic carboxylic acids is 1. The van der Waals surface area contributed by atoms with Crippen molar-refractivity contribution in [3.63, 3.8) is 0 Å². The number of carbonyl (C=O) groups excluding carboxylic acids is 1. The topological polar surface area (TPSA) is 54.4 Å². The van der Waals surface area contributed by atoms with Gasteiger partial charge in [0.05, 0.1) is 12.2 Å². The first-order chi connectivity index (χ1) is 10.2. The lowest BCUT2D eigenvalue weighted by molar-refractivity contribution is -0.136. The molecule has 0 unspecified atom stereocenters. The van der Waals surface area contributed by atoms with Gasteiger partial charge in [-0.25, -0.2) is 0 Å². The standard InChI is InChI=1S/C17H16O3S/c18-16(12-21-11-10-17(19)20)15-8-6-14(7-9-15)13-4-2-1-3-5-13/h1-9H,10-12H2,(H,19,20). The van der Waals surface area contributed by atoms with Gasteiger partial charge >= 0.3 is 5.97 Å². The summed E-state index contributed by atoms with van der Waals surface area (Å²) < 4.78 is 0. The maximum atomic E-state index is 12.0. The van der Waals surface area contributed by atoms with Crippen LogP contribution in [0, 0.1) is 0 Å². The first kappa shape index (κ1) is 15.3. The van der Waals surface area contributed by atoms with Crippen LogP contribution in [0.3, 0.4) is 0 Å². The van der Waals surface area contributed by atoms with Crippen LogP contribution < -0.4 is 0 Å². The third kappa shape index (κ3) is 4.76. The van der Waals surface area contributed by atoms with Gasteiger partial charge in [0.25, 0.3) is 0 Å². The van der Waals surface area contributed by atoms with E-state index in [1.165, 1.54) is 11.8 Å². The fraction of sp³-hybridized carbons (Fsp3) is 0.176. The zero-order valence-corrected chi connectivity index (χ0v) is 12.3. The predicted octanol–water partition coefficient (Wildman–Crippen LogP) is 3.74. The van der Waals surface area contributed by atoms with Crippen molar-refractivity contribution in [3.8, 4) is 11.1 Å². The minimum atomic E-state index is -0.831. The molecule has 0 amide bonds. The minimum Gasteiger partial charge on any atom is -0.481 e. The molecule has 3 nitrogen and oxygen atoms in total. The van der Waals surface area contributed by atoms with Gasteiger partial charge in [-0.3, -0.25) is 9.59 Å². The van der Waals surface area contributed by atoms with Crippen LogP contribution >= 0.6 is 11.8 Å². The average molecular weight is 300 g/mol. The summed E-state index contributed by atoms with van der Waals surface area (Å²) in [5.41, 5.74) is 2.86. The molecule has 0 atom stereocenters. The van der Waals surface area contributed by atoms with Crippen molar-refractivity contribution in [2.75, 3.05) is 11.5 Å². The molecule has 0 spiro atoms. The van der Waals surface area contributed by atoms with Crippen molar-refractivity contribution in [3.05, 3.63) is 60.2 Å². The van der Waals surface area contributed by atoms with Crippen molar-refractivity contribution < 1.29 is 14.7 Å². The largest absolute Gasteiger partial charge is 0.481 e. The monoisotopic (exact) mass is 300 g/mol. The fourth-order valence-corrected chi connectivity index (χ4v) is 2.70. The molecule has 0 aliphatic heterocycles. The van der Waals surface area contributed by atoms with Crippen LogP contribution in [0.1, 0.15) is 16.8 Å². The molecular formula is C17H16O3S. The van der Waals surface area contributed by atoms with Gasteiger partial charge in [0, 0.05) is 11.3 Å². The molecule has 2 aromatic rings. The predicted molar refractivity (Wildman–Crippen MR) is 85.8 cm³/mol. The zero-order valence-electron chi connectivity index (χ0n) is 11.5. The lowest BCUT2D eigenvalue weighted by atomic mass is 10.0. The first-order valence-corrected chi connectivity index (χ1v) is 7.80. The Balaban J connectivity index is 1.93. The summed E-state index contributed by atoms with van der Waals surface area (Å²) in [6.07, 6.45) is 0.0882. The van der Waals surface area contributed by atoms with Gasteiger partial charge in [-0.1, -0.05) is 54.6 Å². The molecule has 21 heavy (non-hydrogen) atoms. The van der Waals surface area contributed by atoms with Crippen molar-refractivity contribution in [2.24, 2.45) is 0 Å². The summed E-state index contributed by atoms with van der Waals surface area (Å²) in [5.74, 6) is -0.0200. The van der Waals surface area contributed by atoms with E-state index in [0.29, 0.717) is 17.1 Å². The highest BCUT2D eigenvalue weighted by Gasteiger charge is 2.07. The maximum Gasteiger partial charge on any atom is 0.304 e. The normalized spacial score (nSPS) is 10.3. The molecule has 0 saturated heterocycles. The summed E-state index contributed by atoms with van der Waals surface area (Å²) >= 11 is 1.35. The van der Waals surface area contributed by atoms with Gasteiger partial charge in [0.15, 0.2) is 5.78 Å². The lowest BCUT2D eigenvalue weighted by Gasteiger charge is -2.04. The Morgan fingerprint density at radius 1 is 0.905 bits per heavy atom. The minimum absolute atomic E-state index is 0.0324. The highest BCUT2D eigenvalue weighted by Crippen LogP contribution is 2.20. The molecule has 1 N–H and O–H groups in total. The number of thioether (sulfide) groups is 1. The number of ketones is 1. The van der Waals surface area contributed by atoms with E-state index in [4.69, 9.17) is 5.11 Å². The van der Waals surface area contributed by atoms with E-state index in [1.54, 1.807) is 0 Å². The van der Waals surface area contributed by atoms with Crippen LogP contribution in [0.5, 0.6) is 0 Å². The number of benzene rings is 2.